The maximum atomic E-state index is 12.9. The predicted octanol–water partition coefficient (Wildman–Crippen LogP) is 7.85. The molecule has 1 aliphatic carbocycles. The molecule has 2 aliphatic rings. The van der Waals surface area contributed by atoms with E-state index >= 15 is 0 Å². The normalized spacial score (nSPS) is 16.3. The van der Waals surface area contributed by atoms with Crippen LogP contribution in [0, 0.1) is 16.7 Å². The number of rotatable bonds is 17. The van der Waals surface area contributed by atoms with Crippen molar-refractivity contribution in [1.29, 1.82) is 5.41 Å². The van der Waals surface area contributed by atoms with E-state index in [1.165, 1.54) is 40.8 Å². The summed E-state index contributed by atoms with van der Waals surface area (Å²) in [5.41, 5.74) is 4.76. The van der Waals surface area contributed by atoms with Gasteiger partial charge in [0.1, 0.15) is 17.8 Å². The highest BCUT2D eigenvalue weighted by atomic mass is 19.4. The van der Waals surface area contributed by atoms with Gasteiger partial charge < -0.3 is 31.1 Å². The highest BCUT2D eigenvalue weighted by Crippen LogP contribution is 2.30. The Bertz CT molecular complexity index is 1700. The zero-order valence-corrected chi connectivity index (χ0v) is 36.4. The molecule has 10 nitrogen and oxygen atoms in total. The SMILES string of the molecule is C=C(CC(C)(C)C)NC(C)C1Cc2ccccc2C1.C=CN1CCCC1C(=O)NC(CCC(F)(F)F)C(=N)C(=O)NCC(=C)NC(C(=O)N(C)C)c1ccccc1.CC. The molecular formula is C46H68F3N7O3. The fourth-order valence-electron chi connectivity index (χ4n) is 7.12. The van der Waals surface area contributed by atoms with Gasteiger partial charge in [-0.1, -0.05) is 109 Å². The minimum atomic E-state index is -4.52. The van der Waals surface area contributed by atoms with Gasteiger partial charge >= 0.3 is 6.18 Å². The largest absolute Gasteiger partial charge is 0.389 e. The lowest BCUT2D eigenvalue weighted by Gasteiger charge is -2.26. The second-order valence-electron chi connectivity index (χ2n) is 16.4. The molecular weight excluding hydrogens is 756 g/mol. The zero-order valence-electron chi connectivity index (χ0n) is 36.4. The Kier molecular flexibility index (Phi) is 19.9. The fourth-order valence-corrected chi connectivity index (χ4v) is 7.12. The second-order valence-corrected chi connectivity index (χ2v) is 16.4. The number of allylic oxidation sites excluding steroid dienone is 1. The quantitative estimate of drug-likeness (QED) is 0.104. The highest BCUT2D eigenvalue weighted by molar-refractivity contribution is 6.39. The van der Waals surface area contributed by atoms with Crippen LogP contribution in [0.1, 0.15) is 96.4 Å². The molecule has 0 spiro atoms. The summed E-state index contributed by atoms with van der Waals surface area (Å²) < 4.78 is 38.8. The van der Waals surface area contributed by atoms with Crippen LogP contribution >= 0.6 is 0 Å². The molecule has 59 heavy (non-hydrogen) atoms. The van der Waals surface area contributed by atoms with Crippen molar-refractivity contribution in [2.24, 2.45) is 11.3 Å². The molecule has 0 aromatic heterocycles. The molecule has 3 amide bonds. The molecule has 4 atom stereocenters. The number of amides is 3. The van der Waals surface area contributed by atoms with Crippen molar-refractivity contribution in [2.75, 3.05) is 27.2 Å². The van der Waals surface area contributed by atoms with E-state index in [1.54, 1.807) is 49.3 Å². The fraction of sp³-hybridized carbons (Fsp3) is 0.522. The number of carbonyl (C=O) groups is 3. The van der Waals surface area contributed by atoms with Crippen LogP contribution in [0.5, 0.6) is 0 Å². The summed E-state index contributed by atoms with van der Waals surface area (Å²) in [5, 5.41) is 19.7. The summed E-state index contributed by atoms with van der Waals surface area (Å²) in [6.45, 7) is 25.1. The van der Waals surface area contributed by atoms with E-state index in [0.29, 0.717) is 42.3 Å². The van der Waals surface area contributed by atoms with Gasteiger partial charge in [-0.3, -0.25) is 19.8 Å². The minimum Gasteiger partial charge on any atom is -0.386 e. The van der Waals surface area contributed by atoms with Gasteiger partial charge in [0.2, 0.25) is 11.8 Å². The monoisotopic (exact) mass is 824 g/mol. The molecule has 0 bridgehead atoms. The molecule has 0 saturated carbocycles. The van der Waals surface area contributed by atoms with E-state index in [-0.39, 0.29) is 18.1 Å². The smallest absolute Gasteiger partial charge is 0.386 e. The average Bonchev–Trinajstić information content (AvgIpc) is 3.85. The van der Waals surface area contributed by atoms with Crippen LogP contribution in [0.25, 0.3) is 0 Å². The van der Waals surface area contributed by atoms with Crippen molar-refractivity contribution < 1.29 is 27.6 Å². The number of likely N-dealkylation sites (N-methyl/N-ethyl adjacent to an activating group) is 1. The molecule has 13 heteroatoms. The van der Waals surface area contributed by atoms with Gasteiger partial charge in [0, 0.05) is 44.5 Å². The Morgan fingerprint density at radius 1 is 0.932 bits per heavy atom. The number of likely N-dealkylation sites (tertiary alicyclic amines) is 1. The van der Waals surface area contributed by atoms with Crippen LogP contribution < -0.4 is 21.3 Å². The minimum absolute atomic E-state index is 0.196. The lowest BCUT2D eigenvalue weighted by atomic mass is 9.90. The van der Waals surface area contributed by atoms with Crippen LogP contribution in [0.15, 0.2) is 91.9 Å². The number of nitrogens with one attached hydrogen (secondary N) is 5. The average molecular weight is 824 g/mol. The maximum absolute atomic E-state index is 12.9. The summed E-state index contributed by atoms with van der Waals surface area (Å²) in [4.78, 5) is 41.2. The third-order valence-electron chi connectivity index (χ3n) is 10.1. The standard InChI is InChI=1S/C26H35F3N6O3.C18H27N.C2H6/c1-5-35-15-9-12-20(35)23(36)33-19(13-14-26(27,28)29)21(30)24(37)31-16-17(2)32-22(25(38)34(3)4)18-10-7-6-8-11-18;1-13(12-18(3,4)5)19-14(2)17-10-15-8-6-7-9-16(15)11-17;1-2/h5-8,10-11,19-20,22,30,32H,1-2,9,12-16H2,3-4H3,(H,31,37)(H,33,36);6-9,14,17,19H,1,10-12H2,2-5H3;1-2H3. The lowest BCUT2D eigenvalue weighted by molar-refractivity contribution is -0.137. The number of hydrogen-bond donors (Lipinski definition) is 5. The molecule has 0 radical (unpaired) electrons. The van der Waals surface area contributed by atoms with Crippen LogP contribution in [-0.2, 0) is 27.2 Å². The number of halogens is 3. The van der Waals surface area contributed by atoms with Crippen molar-refractivity contribution in [3.05, 3.63) is 109 Å². The van der Waals surface area contributed by atoms with Crippen LogP contribution in [0.4, 0.5) is 13.2 Å². The molecule has 326 valence electrons. The van der Waals surface area contributed by atoms with Crippen molar-refractivity contribution >= 4 is 23.4 Å². The first-order valence-electron chi connectivity index (χ1n) is 20.5. The topological polar surface area (TPSA) is 130 Å². The van der Waals surface area contributed by atoms with E-state index in [4.69, 9.17) is 5.41 Å². The Morgan fingerprint density at radius 3 is 2.03 bits per heavy atom. The molecule has 1 fully saturated rings. The number of hydrogen-bond acceptors (Lipinski definition) is 7. The Morgan fingerprint density at radius 2 is 1.51 bits per heavy atom. The van der Waals surface area contributed by atoms with E-state index in [9.17, 15) is 27.6 Å². The lowest BCUT2D eigenvalue weighted by Crippen LogP contribution is -2.52. The van der Waals surface area contributed by atoms with Gasteiger partial charge in [-0.25, -0.2) is 0 Å². The first-order valence-corrected chi connectivity index (χ1v) is 20.5. The molecule has 4 unspecified atom stereocenters. The van der Waals surface area contributed by atoms with Crippen molar-refractivity contribution in [2.45, 2.75) is 117 Å². The molecule has 1 aliphatic heterocycles. The van der Waals surface area contributed by atoms with Crippen LogP contribution in [0.2, 0.25) is 0 Å². The van der Waals surface area contributed by atoms with E-state index in [2.05, 4.69) is 93.0 Å². The van der Waals surface area contributed by atoms with E-state index in [1.807, 2.05) is 13.8 Å². The Labute approximate surface area is 350 Å². The van der Waals surface area contributed by atoms with Gasteiger partial charge in [0.15, 0.2) is 0 Å². The van der Waals surface area contributed by atoms with E-state index in [0.717, 1.165) is 6.42 Å². The maximum Gasteiger partial charge on any atom is 0.389 e. The van der Waals surface area contributed by atoms with Gasteiger partial charge in [-0.2, -0.15) is 13.2 Å². The number of fused-ring (bicyclic) bond motifs is 1. The third-order valence-corrected chi connectivity index (χ3v) is 10.1. The number of carbonyl (C=O) groups excluding carboxylic acids is 3. The van der Waals surface area contributed by atoms with Crippen molar-refractivity contribution in [3.8, 4) is 0 Å². The highest BCUT2D eigenvalue weighted by Gasteiger charge is 2.35. The first kappa shape index (κ1) is 50.1. The summed E-state index contributed by atoms with van der Waals surface area (Å²) in [6, 6.07) is 15.4. The summed E-state index contributed by atoms with van der Waals surface area (Å²) in [7, 11) is 3.20. The number of alkyl halides is 3. The van der Waals surface area contributed by atoms with Crippen molar-refractivity contribution in [1.82, 2.24) is 31.1 Å². The van der Waals surface area contributed by atoms with Gasteiger partial charge in [0.05, 0.1) is 12.6 Å². The van der Waals surface area contributed by atoms with Gasteiger partial charge in [-0.15, -0.1) is 0 Å². The molecule has 1 saturated heterocycles. The van der Waals surface area contributed by atoms with Gasteiger partial charge in [-0.05, 0) is 79.7 Å². The number of benzene rings is 2. The molecule has 1 heterocycles. The van der Waals surface area contributed by atoms with Crippen LogP contribution in [0.3, 0.4) is 0 Å². The Hall–Kier alpha value is -5.07. The number of nitrogens with zero attached hydrogens (tertiary/aromatic N) is 2. The summed E-state index contributed by atoms with van der Waals surface area (Å²) >= 11 is 0. The zero-order chi connectivity index (χ0) is 44.5. The summed E-state index contributed by atoms with van der Waals surface area (Å²) in [5.74, 6) is -1.07. The molecule has 4 rings (SSSR count). The first-order chi connectivity index (χ1) is 27.7. The van der Waals surface area contributed by atoms with Gasteiger partial charge in [0.25, 0.3) is 5.91 Å². The van der Waals surface area contributed by atoms with E-state index < -0.39 is 54.7 Å². The molecule has 2 aromatic carbocycles. The predicted molar refractivity (Wildman–Crippen MR) is 233 cm³/mol. The van der Waals surface area contributed by atoms with Crippen molar-refractivity contribution in [3.63, 3.8) is 0 Å². The summed E-state index contributed by atoms with van der Waals surface area (Å²) in [6.07, 6.45) is -0.324. The second kappa shape index (κ2) is 23.5. The van der Waals surface area contributed by atoms with Crippen LogP contribution in [-0.4, -0.2) is 84.7 Å². The Balaban J connectivity index is 0.000000475. The third kappa shape index (κ3) is 17.0. The molecule has 5 N–H and O–H groups in total. The molecule has 2 aromatic rings.